The van der Waals surface area contributed by atoms with E-state index in [0.717, 1.165) is 12.8 Å². The van der Waals surface area contributed by atoms with E-state index in [0.29, 0.717) is 57.4 Å². The van der Waals surface area contributed by atoms with Gasteiger partial charge in [0.2, 0.25) is 11.8 Å². The Morgan fingerprint density at radius 1 is 0.667 bits per heavy atom. The van der Waals surface area contributed by atoms with Gasteiger partial charge in [0.05, 0.1) is 26.2 Å². The minimum Gasteiger partial charge on any atom is -0.369 e. The highest BCUT2D eigenvalue weighted by atomic mass is 16.2. The van der Waals surface area contributed by atoms with E-state index in [1.165, 1.54) is 0 Å². The minimum atomic E-state index is -0.453. The number of amides is 4. The molecule has 2 saturated heterocycles. The molecule has 2 unspecified atom stereocenters. The Morgan fingerprint density at radius 2 is 1.07 bits per heavy atom. The maximum absolute atomic E-state index is 12.4. The van der Waals surface area contributed by atoms with Crippen molar-refractivity contribution in [2.75, 3.05) is 78.5 Å². The van der Waals surface area contributed by atoms with Gasteiger partial charge >= 0.3 is 0 Å². The lowest BCUT2D eigenvalue weighted by Gasteiger charge is -2.33. The first kappa shape index (κ1) is 24.2. The zero-order chi connectivity index (χ0) is 22.1. The highest BCUT2D eigenvalue weighted by Gasteiger charge is 2.25. The van der Waals surface area contributed by atoms with Crippen molar-refractivity contribution in [3.05, 3.63) is 0 Å². The van der Waals surface area contributed by atoms with E-state index in [9.17, 15) is 19.2 Å². The first-order chi connectivity index (χ1) is 14.2. The van der Waals surface area contributed by atoms with E-state index in [4.69, 9.17) is 17.3 Å². The van der Waals surface area contributed by atoms with Crippen molar-refractivity contribution >= 4 is 23.6 Å². The maximum Gasteiger partial charge on any atom is 0.257 e. The van der Waals surface area contributed by atoms with Crippen LogP contribution in [0, 0.1) is 0 Å². The largest absolute Gasteiger partial charge is 0.369 e. The number of fused-ring (bicyclic) bond motifs is 4. The molecule has 2 rings (SSSR count). The van der Waals surface area contributed by atoms with Crippen molar-refractivity contribution in [2.24, 2.45) is 17.3 Å². The van der Waals surface area contributed by atoms with Crippen LogP contribution in [0.1, 0.15) is 12.8 Å². The van der Waals surface area contributed by atoms with E-state index in [-0.39, 0.29) is 26.2 Å². The van der Waals surface area contributed by atoms with Crippen LogP contribution in [0.3, 0.4) is 0 Å². The molecule has 0 spiro atoms. The fourth-order valence-electron chi connectivity index (χ4n) is 3.80. The molecule has 0 saturated carbocycles. The third-order valence-corrected chi connectivity index (χ3v) is 5.38. The van der Waals surface area contributed by atoms with Crippen molar-refractivity contribution in [3.63, 3.8) is 0 Å². The summed E-state index contributed by atoms with van der Waals surface area (Å²) in [4.78, 5) is 55.6. The van der Waals surface area contributed by atoms with Gasteiger partial charge in [0.1, 0.15) is 0 Å². The normalized spacial score (nSPS) is 26.5. The Hall–Kier alpha value is -2.12. The van der Waals surface area contributed by atoms with Crippen LogP contribution >= 0.6 is 0 Å². The van der Waals surface area contributed by atoms with Crippen LogP contribution in [0.2, 0.25) is 0 Å². The number of primary amides is 2. The zero-order valence-electron chi connectivity index (χ0n) is 17.5. The molecule has 2 fully saturated rings. The smallest absolute Gasteiger partial charge is 0.257 e. The number of carbonyl (C=O) groups excluding carboxylic acids is 4. The van der Waals surface area contributed by atoms with Gasteiger partial charge in [-0.1, -0.05) is 0 Å². The summed E-state index contributed by atoms with van der Waals surface area (Å²) in [6.45, 7) is 5.13. The molecule has 12 nitrogen and oxygen atoms in total. The number of hydrogen-bond donors (Lipinski definition) is 3. The molecule has 0 aromatic rings. The number of hydrogen-bond acceptors (Lipinski definition) is 9. The summed E-state index contributed by atoms with van der Waals surface area (Å²) >= 11 is 0. The Kier molecular flexibility index (Phi) is 9.59. The molecule has 2 aliphatic heterocycles. The zero-order valence-corrected chi connectivity index (χ0v) is 17.5. The molecule has 2 heterocycles. The molecule has 2 aliphatic rings. The van der Waals surface area contributed by atoms with Gasteiger partial charge in [-0.2, -0.15) is 0 Å². The lowest BCUT2D eigenvalue weighted by atomic mass is 10.2. The van der Waals surface area contributed by atoms with Crippen LogP contribution in [-0.2, 0) is 19.2 Å². The molecule has 4 amide bonds. The van der Waals surface area contributed by atoms with Gasteiger partial charge in [-0.3, -0.25) is 38.8 Å². The second kappa shape index (κ2) is 11.9. The van der Waals surface area contributed by atoms with E-state index >= 15 is 0 Å². The minimum absolute atomic E-state index is 0.0546. The van der Waals surface area contributed by atoms with E-state index in [1.807, 2.05) is 19.6 Å². The monoisotopic (exact) mass is 426 g/mol. The summed E-state index contributed by atoms with van der Waals surface area (Å²) in [5, 5.41) is 0.694. The van der Waals surface area contributed by atoms with Crippen LogP contribution in [0.4, 0.5) is 0 Å². The third-order valence-electron chi connectivity index (χ3n) is 5.38. The van der Waals surface area contributed by atoms with Gasteiger partial charge in [0, 0.05) is 26.2 Å². The predicted molar refractivity (Wildman–Crippen MR) is 109 cm³/mol. The second-order valence-electron chi connectivity index (χ2n) is 7.90. The highest BCUT2D eigenvalue weighted by molar-refractivity contribution is 5.96. The molecule has 0 aliphatic carbocycles. The highest BCUT2D eigenvalue weighted by Crippen LogP contribution is 2.05. The molecular formula is C18H34N8O4. The van der Waals surface area contributed by atoms with Crippen LogP contribution < -0.4 is 17.3 Å². The molecule has 12 heteroatoms. The van der Waals surface area contributed by atoms with Crippen molar-refractivity contribution in [2.45, 2.75) is 12.8 Å². The predicted octanol–water partition coefficient (Wildman–Crippen LogP) is -3.80. The van der Waals surface area contributed by atoms with Crippen molar-refractivity contribution < 1.29 is 19.2 Å². The number of carbonyl (C=O) groups is 4. The summed E-state index contributed by atoms with van der Waals surface area (Å²) in [6.07, 6.45) is 1.51. The standard InChI is InChI=1S/C18H34N8O4/c19-15(27)11-22-3-1-4-23(12-16(20)28)8-10-25-6-2-5-24(9-7-22)13-17(29)26(21)18(30)14-25/h1-14,21H2,(H2,19,27)(H2,20,28). The van der Waals surface area contributed by atoms with Gasteiger partial charge in [-0.15, -0.1) is 0 Å². The van der Waals surface area contributed by atoms with Gasteiger partial charge in [-0.25, -0.2) is 10.9 Å². The summed E-state index contributed by atoms with van der Waals surface area (Å²) in [5.74, 6) is 4.01. The Morgan fingerprint density at radius 3 is 1.47 bits per heavy atom. The molecule has 2 atom stereocenters. The molecule has 2 bridgehead atoms. The van der Waals surface area contributed by atoms with Crippen LogP contribution in [0.15, 0.2) is 0 Å². The van der Waals surface area contributed by atoms with E-state index < -0.39 is 23.6 Å². The molecule has 0 aromatic carbocycles. The average molecular weight is 427 g/mol. The quantitative estimate of drug-likeness (QED) is 0.232. The molecule has 6 N–H and O–H groups in total. The summed E-state index contributed by atoms with van der Waals surface area (Å²) < 4.78 is 0. The lowest BCUT2D eigenvalue weighted by Crippen LogP contribution is -2.54. The number of nitrogens with zero attached hydrogens (tertiary/aromatic N) is 5. The number of imide groups is 1. The lowest BCUT2D eigenvalue weighted by molar-refractivity contribution is -0.147. The maximum atomic E-state index is 12.4. The van der Waals surface area contributed by atoms with Gasteiger partial charge in [-0.05, 0) is 39.0 Å². The average Bonchev–Trinajstić information content (AvgIpc) is 2.66. The van der Waals surface area contributed by atoms with Crippen molar-refractivity contribution in [3.8, 4) is 0 Å². The van der Waals surface area contributed by atoms with Gasteiger partial charge in [0.25, 0.3) is 11.8 Å². The number of hydrazine groups is 1. The molecular weight excluding hydrogens is 392 g/mol. The summed E-state index contributed by atoms with van der Waals surface area (Å²) in [5.41, 5.74) is 10.8. The summed E-state index contributed by atoms with van der Waals surface area (Å²) in [6, 6.07) is 0. The number of rotatable bonds is 4. The second-order valence-corrected chi connectivity index (χ2v) is 7.90. The van der Waals surface area contributed by atoms with Crippen LogP contribution in [0.5, 0.6) is 0 Å². The van der Waals surface area contributed by atoms with Crippen molar-refractivity contribution in [1.29, 1.82) is 0 Å². The Balaban J connectivity index is 2.19. The summed E-state index contributed by atoms with van der Waals surface area (Å²) in [7, 11) is 0. The third kappa shape index (κ3) is 8.32. The van der Waals surface area contributed by atoms with Crippen molar-refractivity contribution in [1.82, 2.24) is 24.6 Å². The molecule has 0 radical (unpaired) electrons. The Bertz CT molecular complexity index is 581. The first-order valence-corrected chi connectivity index (χ1v) is 10.3. The van der Waals surface area contributed by atoms with E-state index in [2.05, 4.69) is 0 Å². The molecule has 0 aromatic heterocycles. The van der Waals surface area contributed by atoms with Crippen LogP contribution in [0.25, 0.3) is 0 Å². The first-order valence-electron chi connectivity index (χ1n) is 10.3. The topological polar surface area (TPSA) is 163 Å². The molecule has 30 heavy (non-hydrogen) atoms. The fraction of sp³-hybridized carbons (Fsp3) is 0.778. The fourth-order valence-corrected chi connectivity index (χ4v) is 3.80. The SMILES string of the molecule is NC(=O)CN1CCCN(CC(N)=O)CCN2CCCN(CC1)CC(=O)N(N)C(=O)C2. The van der Waals surface area contributed by atoms with Gasteiger partial charge in [0.15, 0.2) is 0 Å². The van der Waals surface area contributed by atoms with E-state index in [1.54, 1.807) is 0 Å². The van der Waals surface area contributed by atoms with Crippen LogP contribution in [-0.4, -0.2) is 127 Å². The molecule has 170 valence electrons. The number of nitrogens with two attached hydrogens (primary N) is 3. The Labute approximate surface area is 176 Å². The van der Waals surface area contributed by atoms with Gasteiger partial charge < -0.3 is 11.5 Å².